The molecule has 1 heteroatoms. The summed E-state index contributed by atoms with van der Waals surface area (Å²) in [6, 6.07) is 0. The van der Waals surface area contributed by atoms with Gasteiger partial charge in [0.1, 0.15) is 0 Å². The molecule has 0 amide bonds. The third-order valence-corrected chi connectivity index (χ3v) is 6.56. The van der Waals surface area contributed by atoms with E-state index in [2.05, 4.69) is 20.8 Å². The fourth-order valence-corrected chi connectivity index (χ4v) is 4.28. The van der Waals surface area contributed by atoms with Crippen LogP contribution in [0.3, 0.4) is 0 Å². The summed E-state index contributed by atoms with van der Waals surface area (Å²) in [5.74, 6) is 2.90. The van der Waals surface area contributed by atoms with Gasteiger partial charge in [-0.3, -0.25) is 0 Å². The average molecular weight is 250 g/mol. The zero-order chi connectivity index (χ0) is 12.8. The molecule has 0 N–H and O–H groups in total. The van der Waals surface area contributed by atoms with Gasteiger partial charge in [0.05, 0.1) is 12.2 Å². The maximum Gasteiger partial charge on any atom is 0.0683 e. The predicted molar refractivity (Wildman–Crippen MR) is 75.5 cm³/mol. The van der Waals surface area contributed by atoms with Gasteiger partial charge < -0.3 is 4.74 Å². The Morgan fingerprint density at radius 2 is 1.72 bits per heavy atom. The van der Waals surface area contributed by atoms with Crippen molar-refractivity contribution in [1.82, 2.24) is 0 Å². The van der Waals surface area contributed by atoms with Crippen molar-refractivity contribution in [2.24, 2.45) is 23.2 Å². The first-order valence-electron chi connectivity index (χ1n) is 8.19. The van der Waals surface area contributed by atoms with Gasteiger partial charge in [-0.1, -0.05) is 27.2 Å². The van der Waals surface area contributed by atoms with Crippen LogP contribution in [0.4, 0.5) is 0 Å². The largest absolute Gasteiger partial charge is 0.375 e. The highest BCUT2D eigenvalue weighted by Crippen LogP contribution is 2.52. The van der Waals surface area contributed by atoms with Crippen LogP contribution in [0.2, 0.25) is 0 Å². The third-order valence-electron chi connectivity index (χ3n) is 6.56. The van der Waals surface area contributed by atoms with Gasteiger partial charge in [-0.05, 0) is 68.1 Å². The summed E-state index contributed by atoms with van der Waals surface area (Å²) in [7, 11) is 0. The van der Waals surface area contributed by atoms with Crippen molar-refractivity contribution in [3.63, 3.8) is 0 Å². The molecule has 0 radical (unpaired) electrons. The molecule has 0 bridgehead atoms. The molecule has 3 rings (SSSR count). The van der Waals surface area contributed by atoms with Crippen LogP contribution >= 0.6 is 0 Å². The summed E-state index contributed by atoms with van der Waals surface area (Å²) in [6.07, 6.45) is 11.0. The second-order valence-corrected chi connectivity index (χ2v) is 7.90. The van der Waals surface area contributed by atoms with E-state index in [1.807, 2.05) is 0 Å². The van der Waals surface area contributed by atoms with E-state index in [0.29, 0.717) is 11.0 Å². The molecule has 1 aliphatic heterocycles. The molecule has 2 saturated carbocycles. The molecule has 1 nitrogen and oxygen atoms in total. The zero-order valence-electron chi connectivity index (χ0n) is 12.5. The molecule has 3 aliphatic rings. The smallest absolute Gasteiger partial charge is 0.0683 e. The van der Waals surface area contributed by atoms with Crippen LogP contribution in [0.1, 0.15) is 72.1 Å². The quantitative estimate of drug-likeness (QED) is 0.684. The monoisotopic (exact) mass is 250 g/mol. The lowest BCUT2D eigenvalue weighted by atomic mass is 9.65. The fourth-order valence-electron chi connectivity index (χ4n) is 4.28. The molecule has 104 valence electrons. The highest BCUT2D eigenvalue weighted by Gasteiger charge is 2.47. The Balaban J connectivity index is 1.58. The van der Waals surface area contributed by atoms with Gasteiger partial charge in [-0.2, -0.15) is 0 Å². The summed E-state index contributed by atoms with van der Waals surface area (Å²) in [6.45, 7) is 8.34. The van der Waals surface area contributed by atoms with E-state index in [0.717, 1.165) is 24.4 Å². The fraction of sp³-hybridized carbons (Fsp3) is 1.00. The van der Waals surface area contributed by atoms with E-state index >= 15 is 0 Å². The van der Waals surface area contributed by atoms with Gasteiger partial charge in [0, 0.05) is 0 Å². The Kier molecular flexibility index (Phi) is 3.25. The number of ether oxygens (including phenoxy) is 1. The van der Waals surface area contributed by atoms with Crippen molar-refractivity contribution in [2.75, 3.05) is 6.61 Å². The van der Waals surface area contributed by atoms with Gasteiger partial charge in [-0.15, -0.1) is 0 Å². The molecule has 0 aromatic rings. The molecule has 0 aromatic carbocycles. The number of rotatable bonds is 2. The minimum Gasteiger partial charge on any atom is -0.375 e. The van der Waals surface area contributed by atoms with Crippen molar-refractivity contribution < 1.29 is 4.74 Å². The maximum absolute atomic E-state index is 6.38. The molecule has 1 spiro atoms. The minimum absolute atomic E-state index is 0.299. The van der Waals surface area contributed by atoms with Gasteiger partial charge in [0.25, 0.3) is 0 Å². The van der Waals surface area contributed by atoms with Crippen LogP contribution < -0.4 is 0 Å². The Hall–Kier alpha value is -0.0400. The second-order valence-electron chi connectivity index (χ2n) is 7.90. The van der Waals surface area contributed by atoms with Crippen LogP contribution in [-0.4, -0.2) is 12.2 Å². The first kappa shape index (κ1) is 13.0. The lowest BCUT2D eigenvalue weighted by molar-refractivity contribution is -0.0906. The second kappa shape index (κ2) is 4.51. The van der Waals surface area contributed by atoms with E-state index < -0.39 is 0 Å². The summed E-state index contributed by atoms with van der Waals surface area (Å²) >= 11 is 0. The van der Waals surface area contributed by atoms with Crippen molar-refractivity contribution in [1.29, 1.82) is 0 Å². The first-order chi connectivity index (χ1) is 8.55. The number of fused-ring (bicyclic) bond motifs is 1. The predicted octanol–water partition coefficient (Wildman–Crippen LogP) is 4.80. The number of hydrogen-bond acceptors (Lipinski definition) is 1. The molecule has 2 atom stereocenters. The van der Waals surface area contributed by atoms with Crippen molar-refractivity contribution in [3.05, 3.63) is 0 Å². The summed E-state index contributed by atoms with van der Waals surface area (Å²) in [5, 5.41) is 0. The first-order valence-corrected chi connectivity index (χ1v) is 8.19. The van der Waals surface area contributed by atoms with Gasteiger partial charge in [0.2, 0.25) is 0 Å². The van der Waals surface area contributed by atoms with E-state index in [-0.39, 0.29) is 0 Å². The zero-order valence-corrected chi connectivity index (χ0v) is 12.5. The Labute approximate surface area is 113 Å². The van der Waals surface area contributed by atoms with Crippen LogP contribution in [0, 0.1) is 23.2 Å². The van der Waals surface area contributed by atoms with E-state index in [1.54, 1.807) is 0 Å². The lowest BCUT2D eigenvalue weighted by Crippen LogP contribution is -2.40. The van der Waals surface area contributed by atoms with Crippen LogP contribution in [-0.2, 0) is 4.74 Å². The van der Waals surface area contributed by atoms with E-state index in [4.69, 9.17) is 4.74 Å². The molecular formula is C17H30O. The van der Waals surface area contributed by atoms with Gasteiger partial charge >= 0.3 is 0 Å². The van der Waals surface area contributed by atoms with Crippen molar-refractivity contribution >= 4 is 0 Å². The summed E-state index contributed by atoms with van der Waals surface area (Å²) in [5.41, 5.74) is 0.836. The Morgan fingerprint density at radius 3 is 2.39 bits per heavy atom. The van der Waals surface area contributed by atoms with E-state index in [1.165, 1.54) is 51.4 Å². The lowest BCUT2D eigenvalue weighted by Gasteiger charge is -2.44. The molecule has 0 unspecified atom stereocenters. The molecule has 1 heterocycles. The Morgan fingerprint density at radius 1 is 1.06 bits per heavy atom. The average Bonchev–Trinajstić information content (AvgIpc) is 3.14. The molecule has 2 aliphatic carbocycles. The van der Waals surface area contributed by atoms with Crippen LogP contribution in [0.25, 0.3) is 0 Å². The minimum atomic E-state index is 0.299. The van der Waals surface area contributed by atoms with Crippen molar-refractivity contribution in [3.8, 4) is 0 Å². The number of hydrogen-bond donors (Lipinski definition) is 0. The van der Waals surface area contributed by atoms with Gasteiger partial charge in [0.15, 0.2) is 0 Å². The Bertz CT molecular complexity index is 285. The van der Waals surface area contributed by atoms with E-state index in [9.17, 15) is 0 Å². The van der Waals surface area contributed by atoms with Crippen molar-refractivity contribution in [2.45, 2.75) is 77.7 Å². The van der Waals surface area contributed by atoms with Crippen LogP contribution in [0.15, 0.2) is 0 Å². The highest BCUT2D eigenvalue weighted by atomic mass is 16.5. The third kappa shape index (κ3) is 2.35. The normalized spacial score (nSPS) is 44.5. The van der Waals surface area contributed by atoms with Gasteiger partial charge in [-0.25, -0.2) is 0 Å². The standard InChI is InChI=1S/C17H30O/c1-4-16(2,3)15-6-9-17(10-7-15)8-5-13-11-14(13)12-18-17/h13-15H,4-12H2,1-3H3/t13-,14-,15?,17?/m0/s1. The SMILES string of the molecule is CCC(C)(C)C1CCC2(CC1)CC[C@H]1C[C@H]1CO2. The molecule has 18 heavy (non-hydrogen) atoms. The topological polar surface area (TPSA) is 9.23 Å². The molecule has 0 aromatic heterocycles. The maximum atomic E-state index is 6.38. The molecular weight excluding hydrogens is 220 g/mol. The molecule has 1 saturated heterocycles. The van der Waals surface area contributed by atoms with Crippen LogP contribution in [0.5, 0.6) is 0 Å². The summed E-state index contributed by atoms with van der Waals surface area (Å²) in [4.78, 5) is 0. The summed E-state index contributed by atoms with van der Waals surface area (Å²) < 4.78 is 6.38. The molecule has 3 fully saturated rings. The highest BCUT2D eigenvalue weighted by molar-refractivity contribution is 4.97.